The van der Waals surface area contributed by atoms with Gasteiger partial charge in [0.1, 0.15) is 6.04 Å². The maximum Gasteiger partial charge on any atom is 0.326 e. The highest BCUT2D eigenvalue weighted by Gasteiger charge is 2.25. The van der Waals surface area contributed by atoms with Gasteiger partial charge < -0.3 is 25.2 Å². The van der Waals surface area contributed by atoms with E-state index in [0.29, 0.717) is 17.9 Å². The molecule has 0 aliphatic carbocycles. The van der Waals surface area contributed by atoms with E-state index in [1.54, 1.807) is 19.1 Å². The second kappa shape index (κ2) is 7.02. The Labute approximate surface area is 128 Å². The maximum absolute atomic E-state index is 11.8. The Kier molecular flexibility index (Phi) is 5.08. The molecule has 22 heavy (non-hydrogen) atoms. The van der Waals surface area contributed by atoms with Gasteiger partial charge in [0, 0.05) is 6.54 Å². The normalized spacial score (nSPS) is 15.0. The lowest BCUT2D eigenvalue weighted by Gasteiger charge is -2.20. The predicted octanol–water partition coefficient (Wildman–Crippen LogP) is 1.71. The molecule has 3 N–H and O–H groups in total. The Morgan fingerprint density at radius 1 is 1.32 bits per heavy atom. The number of urea groups is 1. The quantitative estimate of drug-likeness (QED) is 0.743. The highest BCUT2D eigenvalue weighted by Crippen LogP contribution is 2.32. The van der Waals surface area contributed by atoms with Crippen molar-refractivity contribution in [1.29, 1.82) is 0 Å². The van der Waals surface area contributed by atoms with Crippen LogP contribution >= 0.6 is 0 Å². The topological polar surface area (TPSA) is 96.9 Å². The summed E-state index contributed by atoms with van der Waals surface area (Å²) < 4.78 is 10.5. The molecule has 0 aromatic heterocycles. The molecule has 0 spiro atoms. The molecule has 0 saturated carbocycles. The van der Waals surface area contributed by atoms with E-state index in [4.69, 9.17) is 14.6 Å². The average molecular weight is 308 g/mol. The Balaban J connectivity index is 1.88. The summed E-state index contributed by atoms with van der Waals surface area (Å²) >= 11 is 0. The molecule has 1 aliphatic rings. The van der Waals surface area contributed by atoms with Crippen LogP contribution in [0, 0.1) is 5.92 Å². The molecule has 1 aromatic rings. The molecule has 1 heterocycles. The molecule has 0 bridgehead atoms. The number of carbonyl (C=O) groups excluding carboxylic acids is 1. The van der Waals surface area contributed by atoms with Crippen LogP contribution in [0.1, 0.15) is 25.8 Å². The van der Waals surface area contributed by atoms with E-state index in [2.05, 4.69) is 10.6 Å². The fraction of sp³-hybridized carbons (Fsp3) is 0.467. The van der Waals surface area contributed by atoms with E-state index < -0.39 is 18.0 Å². The summed E-state index contributed by atoms with van der Waals surface area (Å²) in [5.74, 6) is 0.139. The van der Waals surface area contributed by atoms with Gasteiger partial charge in [0.15, 0.2) is 11.5 Å². The predicted molar refractivity (Wildman–Crippen MR) is 78.8 cm³/mol. The minimum atomic E-state index is -1.03. The van der Waals surface area contributed by atoms with Gasteiger partial charge in [0.2, 0.25) is 6.79 Å². The lowest BCUT2D eigenvalue weighted by atomic mass is 9.99. The van der Waals surface area contributed by atoms with E-state index in [1.807, 2.05) is 13.0 Å². The van der Waals surface area contributed by atoms with Gasteiger partial charge in [-0.05, 0) is 23.6 Å². The van der Waals surface area contributed by atoms with E-state index >= 15 is 0 Å². The molecule has 120 valence electrons. The fourth-order valence-corrected chi connectivity index (χ4v) is 2.11. The highest BCUT2D eigenvalue weighted by atomic mass is 16.7. The number of fused-ring (bicyclic) bond motifs is 1. The number of benzene rings is 1. The third-order valence-corrected chi connectivity index (χ3v) is 3.66. The molecule has 0 fully saturated rings. The second-order valence-corrected chi connectivity index (χ2v) is 5.22. The van der Waals surface area contributed by atoms with Crippen molar-refractivity contribution < 1.29 is 24.2 Å². The molecule has 7 nitrogen and oxygen atoms in total. The number of rotatable bonds is 6. The minimum Gasteiger partial charge on any atom is -0.480 e. The smallest absolute Gasteiger partial charge is 0.326 e. The highest BCUT2D eigenvalue weighted by molar-refractivity contribution is 5.82. The van der Waals surface area contributed by atoms with Gasteiger partial charge >= 0.3 is 12.0 Å². The van der Waals surface area contributed by atoms with Crippen molar-refractivity contribution in [3.8, 4) is 11.5 Å². The summed E-state index contributed by atoms with van der Waals surface area (Å²) in [6.07, 6.45) is 0.666. The number of ether oxygens (including phenoxy) is 2. The molecular formula is C15H20N2O5. The van der Waals surface area contributed by atoms with Crippen molar-refractivity contribution in [1.82, 2.24) is 10.6 Å². The molecule has 7 heteroatoms. The molecule has 1 aromatic carbocycles. The first-order valence-electron chi connectivity index (χ1n) is 7.17. The first-order chi connectivity index (χ1) is 10.5. The van der Waals surface area contributed by atoms with Crippen molar-refractivity contribution in [3.63, 3.8) is 0 Å². The van der Waals surface area contributed by atoms with Gasteiger partial charge in [0.25, 0.3) is 0 Å². The second-order valence-electron chi connectivity index (χ2n) is 5.22. The standard InChI is InChI=1S/C15H20N2O5/c1-3-9(2)13(14(18)19)17-15(20)16-7-10-4-5-11-12(6-10)22-8-21-11/h4-6,9,13H,3,7-8H2,1-2H3,(H,18,19)(H2,16,17,20)/t9?,13-/m0/s1. The zero-order valence-electron chi connectivity index (χ0n) is 12.6. The number of hydrogen-bond acceptors (Lipinski definition) is 4. The maximum atomic E-state index is 11.8. The van der Waals surface area contributed by atoms with Crippen LogP contribution in [0.5, 0.6) is 11.5 Å². The van der Waals surface area contributed by atoms with Gasteiger partial charge in [-0.3, -0.25) is 0 Å². The van der Waals surface area contributed by atoms with E-state index in [1.165, 1.54) is 0 Å². The Hall–Kier alpha value is -2.44. The number of nitrogens with one attached hydrogen (secondary N) is 2. The van der Waals surface area contributed by atoms with Gasteiger partial charge in [-0.15, -0.1) is 0 Å². The van der Waals surface area contributed by atoms with Crippen molar-refractivity contribution in [3.05, 3.63) is 23.8 Å². The Morgan fingerprint density at radius 2 is 2.05 bits per heavy atom. The van der Waals surface area contributed by atoms with E-state index in [9.17, 15) is 9.59 Å². The molecule has 2 atom stereocenters. The van der Waals surface area contributed by atoms with Gasteiger partial charge in [0.05, 0.1) is 0 Å². The zero-order chi connectivity index (χ0) is 16.1. The third kappa shape index (κ3) is 3.81. The molecule has 0 saturated heterocycles. The molecule has 2 amide bonds. The lowest BCUT2D eigenvalue weighted by molar-refractivity contribution is -0.140. The van der Waals surface area contributed by atoms with E-state index in [-0.39, 0.29) is 19.3 Å². The summed E-state index contributed by atoms with van der Waals surface area (Å²) in [7, 11) is 0. The molecule has 0 radical (unpaired) electrons. The van der Waals surface area contributed by atoms with E-state index in [0.717, 1.165) is 5.56 Å². The molecular weight excluding hydrogens is 288 g/mol. The third-order valence-electron chi connectivity index (χ3n) is 3.66. The van der Waals surface area contributed by atoms with Crippen LogP contribution in [0.15, 0.2) is 18.2 Å². The SMILES string of the molecule is CCC(C)[C@H](NC(=O)NCc1ccc2c(c1)OCO2)C(=O)O. The van der Waals surface area contributed by atoms with Crippen LogP contribution in [0.25, 0.3) is 0 Å². The molecule has 1 aliphatic heterocycles. The van der Waals surface area contributed by atoms with Gasteiger partial charge in [-0.2, -0.15) is 0 Å². The van der Waals surface area contributed by atoms with Gasteiger partial charge in [-0.1, -0.05) is 26.3 Å². The van der Waals surface area contributed by atoms with Crippen molar-refractivity contribution >= 4 is 12.0 Å². The van der Waals surface area contributed by atoms with Crippen molar-refractivity contribution in [2.75, 3.05) is 6.79 Å². The lowest BCUT2D eigenvalue weighted by Crippen LogP contribution is -2.48. The molecule has 2 rings (SSSR count). The number of carboxylic acid groups (broad SMARTS) is 1. The fourth-order valence-electron chi connectivity index (χ4n) is 2.11. The Morgan fingerprint density at radius 3 is 2.73 bits per heavy atom. The first-order valence-corrected chi connectivity index (χ1v) is 7.17. The van der Waals surface area contributed by atoms with Crippen LogP contribution in [0.3, 0.4) is 0 Å². The number of carboxylic acids is 1. The number of amides is 2. The first kappa shape index (κ1) is 15.9. The minimum absolute atomic E-state index is 0.145. The summed E-state index contributed by atoms with van der Waals surface area (Å²) in [5, 5.41) is 14.3. The summed E-state index contributed by atoms with van der Waals surface area (Å²) in [6, 6.07) is 3.96. The van der Waals surface area contributed by atoms with Crippen LogP contribution in [0.4, 0.5) is 4.79 Å². The average Bonchev–Trinajstić information content (AvgIpc) is 2.97. The van der Waals surface area contributed by atoms with Crippen LogP contribution in [-0.4, -0.2) is 29.9 Å². The summed E-state index contributed by atoms with van der Waals surface area (Å²) in [5.41, 5.74) is 0.842. The number of carbonyl (C=O) groups is 2. The van der Waals surface area contributed by atoms with Crippen LogP contribution in [-0.2, 0) is 11.3 Å². The van der Waals surface area contributed by atoms with Crippen LogP contribution < -0.4 is 20.1 Å². The summed E-state index contributed by atoms with van der Waals surface area (Å²) in [6.45, 7) is 4.14. The molecule has 1 unspecified atom stereocenters. The van der Waals surface area contributed by atoms with Gasteiger partial charge in [-0.25, -0.2) is 9.59 Å². The monoisotopic (exact) mass is 308 g/mol. The largest absolute Gasteiger partial charge is 0.480 e. The number of hydrogen-bond donors (Lipinski definition) is 3. The zero-order valence-corrected chi connectivity index (χ0v) is 12.6. The van der Waals surface area contributed by atoms with Crippen molar-refractivity contribution in [2.45, 2.75) is 32.9 Å². The summed E-state index contributed by atoms with van der Waals surface area (Å²) in [4.78, 5) is 23.0. The Bertz CT molecular complexity index is 561. The van der Waals surface area contributed by atoms with Crippen molar-refractivity contribution in [2.24, 2.45) is 5.92 Å². The number of aliphatic carboxylic acids is 1. The van der Waals surface area contributed by atoms with Crippen LogP contribution in [0.2, 0.25) is 0 Å².